The van der Waals surface area contributed by atoms with Gasteiger partial charge in [0.2, 0.25) is 5.82 Å². The standard InChI is InChI=1S/C22H25N9O3/c1-14(13-32)31-20(26-27-28-31)17-4-2-5-19(24-17)25-21(33)18-10-16-12-30(9-6-15(16)11-23-18)22(34)29-7-3-8-29/h2,4-5,10-11,14,32H,3,6-9,12-13H2,1H3,(H,24,25,33). The van der Waals surface area contributed by atoms with Crippen LogP contribution in [0.1, 0.15) is 41.0 Å². The Kier molecular flexibility index (Phi) is 5.88. The van der Waals surface area contributed by atoms with Crippen molar-refractivity contribution in [1.29, 1.82) is 0 Å². The number of nitrogens with one attached hydrogen (secondary N) is 1. The lowest BCUT2D eigenvalue weighted by Crippen LogP contribution is -2.50. The molecule has 0 spiro atoms. The van der Waals surface area contributed by atoms with Crippen LogP contribution in [0.2, 0.25) is 0 Å². The fourth-order valence-corrected chi connectivity index (χ4v) is 3.98. The molecule has 5 heterocycles. The molecule has 0 bridgehead atoms. The van der Waals surface area contributed by atoms with E-state index >= 15 is 0 Å². The molecule has 0 aromatic carbocycles. The highest BCUT2D eigenvalue weighted by molar-refractivity contribution is 6.02. The number of hydrogen-bond donors (Lipinski definition) is 2. The normalized spacial score (nSPS) is 15.9. The molecule has 0 radical (unpaired) electrons. The monoisotopic (exact) mass is 463 g/mol. The molecule has 1 atom stereocenters. The third kappa shape index (κ3) is 4.19. The van der Waals surface area contributed by atoms with Crippen molar-refractivity contribution >= 4 is 17.8 Å². The summed E-state index contributed by atoms with van der Waals surface area (Å²) in [4.78, 5) is 37.9. The first-order valence-electron chi connectivity index (χ1n) is 11.2. The van der Waals surface area contributed by atoms with E-state index in [-0.39, 0.29) is 24.4 Å². The summed E-state index contributed by atoms with van der Waals surface area (Å²) in [5.41, 5.74) is 2.69. The Balaban J connectivity index is 1.31. The van der Waals surface area contributed by atoms with Gasteiger partial charge in [0.05, 0.1) is 12.6 Å². The number of nitrogens with zero attached hydrogens (tertiary/aromatic N) is 8. The number of aliphatic hydroxyl groups is 1. The zero-order valence-corrected chi connectivity index (χ0v) is 18.8. The summed E-state index contributed by atoms with van der Waals surface area (Å²) in [5, 5.41) is 23.8. The van der Waals surface area contributed by atoms with Crippen LogP contribution in [0, 0.1) is 0 Å². The molecule has 0 aliphatic carbocycles. The van der Waals surface area contributed by atoms with Crippen LogP contribution in [0.4, 0.5) is 10.6 Å². The molecule has 1 unspecified atom stereocenters. The van der Waals surface area contributed by atoms with Crippen molar-refractivity contribution in [3.63, 3.8) is 0 Å². The molecule has 12 heteroatoms. The van der Waals surface area contributed by atoms with Crippen LogP contribution in [0.5, 0.6) is 0 Å². The van der Waals surface area contributed by atoms with Gasteiger partial charge in [0.15, 0.2) is 0 Å². The summed E-state index contributed by atoms with van der Waals surface area (Å²) < 4.78 is 1.48. The van der Waals surface area contributed by atoms with Gasteiger partial charge in [0, 0.05) is 32.4 Å². The number of carbonyl (C=O) groups is 2. The van der Waals surface area contributed by atoms with E-state index in [1.165, 1.54) is 4.68 Å². The summed E-state index contributed by atoms with van der Waals surface area (Å²) in [7, 11) is 0. The summed E-state index contributed by atoms with van der Waals surface area (Å²) in [5.74, 6) is 0.307. The van der Waals surface area contributed by atoms with E-state index in [1.54, 1.807) is 37.4 Å². The van der Waals surface area contributed by atoms with Crippen molar-refractivity contribution in [1.82, 2.24) is 40.0 Å². The zero-order chi connectivity index (χ0) is 23.7. The minimum atomic E-state index is -0.401. The number of likely N-dealkylation sites (tertiary alicyclic amines) is 1. The SMILES string of the molecule is CC(CO)n1nnnc1-c1cccc(NC(=O)c2cc3c(cn2)CCN(C(=O)N2CCC2)C3)n1. The molecule has 12 nitrogen and oxygen atoms in total. The number of urea groups is 1. The van der Waals surface area contributed by atoms with Gasteiger partial charge in [0.25, 0.3) is 5.91 Å². The zero-order valence-electron chi connectivity index (χ0n) is 18.8. The molecule has 3 aromatic rings. The average molecular weight is 464 g/mol. The first-order valence-corrected chi connectivity index (χ1v) is 11.2. The second-order valence-electron chi connectivity index (χ2n) is 8.47. The molecule has 1 fully saturated rings. The van der Waals surface area contributed by atoms with Crippen molar-refractivity contribution in [2.24, 2.45) is 0 Å². The third-order valence-electron chi connectivity index (χ3n) is 6.12. The molecule has 176 valence electrons. The number of fused-ring (bicyclic) bond motifs is 1. The molecule has 34 heavy (non-hydrogen) atoms. The van der Waals surface area contributed by atoms with Gasteiger partial charge in [-0.25, -0.2) is 14.5 Å². The van der Waals surface area contributed by atoms with Gasteiger partial charge in [-0.15, -0.1) is 5.10 Å². The van der Waals surface area contributed by atoms with Gasteiger partial charge in [-0.3, -0.25) is 9.78 Å². The molecule has 5 rings (SSSR count). The van der Waals surface area contributed by atoms with E-state index in [4.69, 9.17) is 0 Å². The highest BCUT2D eigenvalue weighted by Gasteiger charge is 2.28. The molecular weight excluding hydrogens is 438 g/mol. The minimum Gasteiger partial charge on any atom is -0.394 e. The largest absolute Gasteiger partial charge is 0.394 e. The second-order valence-corrected chi connectivity index (χ2v) is 8.47. The number of aromatic nitrogens is 6. The predicted octanol–water partition coefficient (Wildman–Crippen LogP) is 1.12. The molecule has 2 aliphatic heterocycles. The number of amides is 3. The summed E-state index contributed by atoms with van der Waals surface area (Å²) in [6, 6.07) is 6.60. The number of anilines is 1. The molecule has 2 aliphatic rings. The van der Waals surface area contributed by atoms with Gasteiger partial charge in [-0.2, -0.15) is 0 Å². The first kappa shape index (κ1) is 21.9. The molecule has 1 saturated heterocycles. The van der Waals surface area contributed by atoms with Gasteiger partial charge in [0.1, 0.15) is 17.2 Å². The number of aliphatic hydroxyl groups excluding tert-OH is 1. The lowest BCUT2D eigenvalue weighted by Gasteiger charge is -2.38. The highest BCUT2D eigenvalue weighted by atomic mass is 16.3. The van der Waals surface area contributed by atoms with E-state index in [9.17, 15) is 14.7 Å². The van der Waals surface area contributed by atoms with Gasteiger partial charge in [-0.05, 0) is 59.5 Å². The van der Waals surface area contributed by atoms with Crippen LogP contribution in [0.15, 0.2) is 30.5 Å². The van der Waals surface area contributed by atoms with Crippen molar-refractivity contribution < 1.29 is 14.7 Å². The Hall–Kier alpha value is -3.93. The maximum absolute atomic E-state index is 12.9. The smallest absolute Gasteiger partial charge is 0.320 e. The van der Waals surface area contributed by atoms with Crippen LogP contribution in [-0.4, -0.2) is 83.3 Å². The molecule has 0 saturated carbocycles. The van der Waals surface area contributed by atoms with Crippen LogP contribution < -0.4 is 5.32 Å². The Morgan fingerprint density at radius 1 is 1.18 bits per heavy atom. The summed E-state index contributed by atoms with van der Waals surface area (Å²) in [6.07, 6.45) is 3.48. The second kappa shape index (κ2) is 9.14. The Morgan fingerprint density at radius 2 is 2.03 bits per heavy atom. The molecule has 3 amide bonds. The van der Waals surface area contributed by atoms with Crippen molar-refractivity contribution in [3.8, 4) is 11.5 Å². The van der Waals surface area contributed by atoms with Crippen molar-refractivity contribution in [2.75, 3.05) is 31.6 Å². The van der Waals surface area contributed by atoms with Crippen LogP contribution in [0.3, 0.4) is 0 Å². The number of hydrogen-bond acceptors (Lipinski definition) is 8. The van der Waals surface area contributed by atoms with Crippen LogP contribution >= 0.6 is 0 Å². The molecule has 2 N–H and O–H groups in total. The predicted molar refractivity (Wildman–Crippen MR) is 121 cm³/mol. The number of carbonyl (C=O) groups excluding carboxylic acids is 2. The van der Waals surface area contributed by atoms with Crippen molar-refractivity contribution in [3.05, 3.63) is 47.3 Å². The fraction of sp³-hybridized carbons (Fsp3) is 0.409. The Labute approximate surface area is 195 Å². The average Bonchev–Trinajstić information content (AvgIpc) is 3.32. The quantitative estimate of drug-likeness (QED) is 0.573. The van der Waals surface area contributed by atoms with Gasteiger partial charge >= 0.3 is 6.03 Å². The summed E-state index contributed by atoms with van der Waals surface area (Å²) in [6.45, 7) is 4.39. The maximum Gasteiger partial charge on any atom is 0.320 e. The Bertz CT molecular complexity index is 1220. The number of rotatable bonds is 5. The van der Waals surface area contributed by atoms with E-state index in [1.807, 2.05) is 9.80 Å². The fourth-order valence-electron chi connectivity index (χ4n) is 3.98. The third-order valence-corrected chi connectivity index (χ3v) is 6.12. The van der Waals surface area contributed by atoms with E-state index in [0.29, 0.717) is 36.8 Å². The van der Waals surface area contributed by atoms with E-state index in [0.717, 1.165) is 30.6 Å². The first-order chi connectivity index (χ1) is 16.5. The van der Waals surface area contributed by atoms with Gasteiger partial charge in [-0.1, -0.05) is 6.07 Å². The lowest BCUT2D eigenvalue weighted by atomic mass is 10.0. The Morgan fingerprint density at radius 3 is 2.79 bits per heavy atom. The van der Waals surface area contributed by atoms with Crippen LogP contribution in [0.25, 0.3) is 11.5 Å². The lowest BCUT2D eigenvalue weighted by molar-refractivity contribution is 0.102. The van der Waals surface area contributed by atoms with E-state index in [2.05, 4.69) is 30.8 Å². The number of pyridine rings is 2. The number of tetrazole rings is 1. The highest BCUT2D eigenvalue weighted by Crippen LogP contribution is 2.23. The van der Waals surface area contributed by atoms with Crippen LogP contribution in [-0.2, 0) is 13.0 Å². The van der Waals surface area contributed by atoms with Crippen molar-refractivity contribution in [2.45, 2.75) is 32.4 Å². The topological polar surface area (TPSA) is 142 Å². The molecular formula is C22H25N9O3. The summed E-state index contributed by atoms with van der Waals surface area (Å²) >= 11 is 0. The van der Waals surface area contributed by atoms with E-state index < -0.39 is 5.91 Å². The molecule has 3 aromatic heterocycles. The van der Waals surface area contributed by atoms with Gasteiger partial charge < -0.3 is 20.2 Å². The minimum absolute atomic E-state index is 0.0542. The maximum atomic E-state index is 12.9.